The van der Waals surface area contributed by atoms with Gasteiger partial charge in [0.15, 0.2) is 0 Å². The highest BCUT2D eigenvalue weighted by molar-refractivity contribution is 6.35. The minimum atomic E-state index is 0.158. The summed E-state index contributed by atoms with van der Waals surface area (Å²) in [6.45, 7) is 3.97. The Bertz CT molecular complexity index is 439. The molecule has 98 valence electrons. The van der Waals surface area contributed by atoms with Gasteiger partial charge in [0.05, 0.1) is 6.42 Å². The highest BCUT2D eigenvalue weighted by Crippen LogP contribution is 2.23. The van der Waals surface area contributed by atoms with Crippen LogP contribution in [0.3, 0.4) is 0 Å². The molecule has 0 radical (unpaired) electrons. The molecule has 1 fully saturated rings. The van der Waals surface area contributed by atoms with Crippen molar-refractivity contribution in [1.82, 2.24) is 4.90 Å². The molecule has 0 unspecified atom stereocenters. The molecule has 0 N–H and O–H groups in total. The monoisotopic (exact) mass is 285 g/mol. The van der Waals surface area contributed by atoms with Gasteiger partial charge >= 0.3 is 0 Å². The quantitative estimate of drug-likeness (QED) is 0.810. The van der Waals surface area contributed by atoms with E-state index in [9.17, 15) is 4.79 Å². The number of rotatable bonds is 2. The molecule has 18 heavy (non-hydrogen) atoms. The van der Waals surface area contributed by atoms with Gasteiger partial charge in [-0.2, -0.15) is 0 Å². The van der Waals surface area contributed by atoms with Crippen molar-refractivity contribution in [3.05, 3.63) is 33.8 Å². The lowest BCUT2D eigenvalue weighted by atomic mass is 9.98. The van der Waals surface area contributed by atoms with Crippen molar-refractivity contribution in [2.45, 2.75) is 26.2 Å². The number of benzene rings is 1. The highest BCUT2D eigenvalue weighted by atomic mass is 35.5. The second-order valence-corrected chi connectivity index (χ2v) is 5.82. The van der Waals surface area contributed by atoms with E-state index in [0.717, 1.165) is 37.4 Å². The molecule has 0 saturated carbocycles. The van der Waals surface area contributed by atoms with Crippen LogP contribution in [0.5, 0.6) is 0 Å². The Balaban J connectivity index is 1.98. The van der Waals surface area contributed by atoms with E-state index in [1.807, 2.05) is 11.0 Å². The van der Waals surface area contributed by atoms with Gasteiger partial charge < -0.3 is 4.90 Å². The molecule has 1 heterocycles. The number of halogens is 2. The van der Waals surface area contributed by atoms with Crippen molar-refractivity contribution in [3.63, 3.8) is 0 Å². The number of hydrogen-bond donors (Lipinski definition) is 0. The standard InChI is InChI=1S/C14H17Cl2NO/c1-10-4-6-17(7-5-10)14(18)8-11-2-3-12(15)9-13(11)16/h2-3,9-10H,4-8H2,1H3. The van der Waals surface area contributed by atoms with Gasteiger partial charge in [-0.25, -0.2) is 0 Å². The second-order valence-electron chi connectivity index (χ2n) is 4.98. The van der Waals surface area contributed by atoms with Crippen molar-refractivity contribution in [1.29, 1.82) is 0 Å². The predicted octanol–water partition coefficient (Wildman–Crippen LogP) is 3.79. The van der Waals surface area contributed by atoms with Crippen LogP contribution in [-0.4, -0.2) is 23.9 Å². The maximum atomic E-state index is 12.1. The molecule has 0 aliphatic carbocycles. The zero-order valence-electron chi connectivity index (χ0n) is 10.5. The molecule has 1 aromatic carbocycles. The highest BCUT2D eigenvalue weighted by Gasteiger charge is 2.20. The van der Waals surface area contributed by atoms with Gasteiger partial charge in [-0.05, 0) is 36.5 Å². The fraction of sp³-hybridized carbons (Fsp3) is 0.500. The van der Waals surface area contributed by atoms with E-state index in [1.165, 1.54) is 0 Å². The van der Waals surface area contributed by atoms with Crippen LogP contribution in [-0.2, 0) is 11.2 Å². The molecular weight excluding hydrogens is 269 g/mol. The van der Waals surface area contributed by atoms with Gasteiger partial charge in [0.25, 0.3) is 0 Å². The number of likely N-dealkylation sites (tertiary alicyclic amines) is 1. The van der Waals surface area contributed by atoms with Crippen molar-refractivity contribution >= 4 is 29.1 Å². The van der Waals surface area contributed by atoms with Crippen molar-refractivity contribution < 1.29 is 4.79 Å². The first-order valence-corrected chi connectivity index (χ1v) is 7.03. The summed E-state index contributed by atoms with van der Waals surface area (Å²) in [6, 6.07) is 5.29. The van der Waals surface area contributed by atoms with Crippen LogP contribution in [0.25, 0.3) is 0 Å². The van der Waals surface area contributed by atoms with E-state index in [1.54, 1.807) is 12.1 Å². The molecule has 2 rings (SSSR count). The molecule has 1 aliphatic heterocycles. The van der Waals surface area contributed by atoms with Crippen LogP contribution in [0.2, 0.25) is 10.0 Å². The second kappa shape index (κ2) is 5.94. The van der Waals surface area contributed by atoms with Gasteiger partial charge in [-0.15, -0.1) is 0 Å². The van der Waals surface area contributed by atoms with Gasteiger partial charge in [0.2, 0.25) is 5.91 Å². The SMILES string of the molecule is CC1CCN(C(=O)Cc2ccc(Cl)cc2Cl)CC1. The number of hydrogen-bond acceptors (Lipinski definition) is 1. The average molecular weight is 286 g/mol. The molecule has 0 spiro atoms. The summed E-state index contributed by atoms with van der Waals surface area (Å²) in [5, 5.41) is 1.17. The smallest absolute Gasteiger partial charge is 0.227 e. The Hall–Kier alpha value is -0.730. The summed E-state index contributed by atoms with van der Waals surface area (Å²) in [5.74, 6) is 0.888. The first kappa shape index (κ1) is 13.7. The maximum Gasteiger partial charge on any atom is 0.227 e. The van der Waals surface area contributed by atoms with Crippen LogP contribution < -0.4 is 0 Å². The number of carbonyl (C=O) groups excluding carboxylic acids is 1. The average Bonchev–Trinajstić information content (AvgIpc) is 2.33. The zero-order chi connectivity index (χ0) is 13.1. The molecular formula is C14H17Cl2NO. The third-order valence-electron chi connectivity index (χ3n) is 3.49. The minimum absolute atomic E-state index is 0.158. The molecule has 2 nitrogen and oxygen atoms in total. The van der Waals surface area contributed by atoms with Gasteiger partial charge in [0, 0.05) is 23.1 Å². The molecule has 0 atom stereocenters. The van der Waals surface area contributed by atoms with Gasteiger partial charge in [-0.1, -0.05) is 36.2 Å². The van der Waals surface area contributed by atoms with Crippen LogP contribution >= 0.6 is 23.2 Å². The predicted molar refractivity (Wildman–Crippen MR) is 75.1 cm³/mol. The molecule has 1 aromatic rings. The molecule has 1 aliphatic rings. The number of amides is 1. The molecule has 1 amide bonds. The van der Waals surface area contributed by atoms with Crippen LogP contribution in [0.15, 0.2) is 18.2 Å². The van der Waals surface area contributed by atoms with Crippen molar-refractivity contribution in [3.8, 4) is 0 Å². The number of carbonyl (C=O) groups is 1. The first-order valence-electron chi connectivity index (χ1n) is 6.28. The van der Waals surface area contributed by atoms with E-state index >= 15 is 0 Å². The maximum absolute atomic E-state index is 12.1. The van der Waals surface area contributed by atoms with Crippen LogP contribution in [0.1, 0.15) is 25.3 Å². The summed E-state index contributed by atoms with van der Waals surface area (Å²) in [4.78, 5) is 14.1. The van der Waals surface area contributed by atoms with E-state index in [2.05, 4.69) is 6.92 Å². The first-order chi connectivity index (χ1) is 8.56. The Morgan fingerprint density at radius 3 is 2.61 bits per heavy atom. The lowest BCUT2D eigenvalue weighted by Crippen LogP contribution is -2.38. The third-order valence-corrected chi connectivity index (χ3v) is 4.08. The summed E-state index contributed by atoms with van der Waals surface area (Å²) >= 11 is 11.9. The fourth-order valence-corrected chi connectivity index (χ4v) is 2.67. The molecule has 0 bridgehead atoms. The Kier molecular flexibility index (Phi) is 4.52. The number of piperidine rings is 1. The van der Waals surface area contributed by atoms with E-state index in [0.29, 0.717) is 16.5 Å². The van der Waals surface area contributed by atoms with Crippen LogP contribution in [0, 0.1) is 5.92 Å². The minimum Gasteiger partial charge on any atom is -0.342 e. The Labute approximate surface area is 118 Å². The molecule has 1 saturated heterocycles. The summed E-state index contributed by atoms with van der Waals surface area (Å²) in [5.41, 5.74) is 0.852. The molecule has 0 aromatic heterocycles. The van der Waals surface area contributed by atoms with E-state index in [4.69, 9.17) is 23.2 Å². The summed E-state index contributed by atoms with van der Waals surface area (Å²) < 4.78 is 0. The van der Waals surface area contributed by atoms with Crippen LogP contribution in [0.4, 0.5) is 0 Å². The Morgan fingerprint density at radius 2 is 2.00 bits per heavy atom. The van der Waals surface area contributed by atoms with Crippen molar-refractivity contribution in [2.75, 3.05) is 13.1 Å². The number of nitrogens with zero attached hydrogens (tertiary/aromatic N) is 1. The summed E-state index contributed by atoms with van der Waals surface area (Å²) in [6.07, 6.45) is 2.56. The van der Waals surface area contributed by atoms with Gasteiger partial charge in [0.1, 0.15) is 0 Å². The largest absolute Gasteiger partial charge is 0.342 e. The molecule has 4 heteroatoms. The van der Waals surface area contributed by atoms with E-state index in [-0.39, 0.29) is 5.91 Å². The van der Waals surface area contributed by atoms with E-state index < -0.39 is 0 Å². The fourth-order valence-electron chi connectivity index (χ4n) is 2.20. The van der Waals surface area contributed by atoms with Crippen molar-refractivity contribution in [2.24, 2.45) is 5.92 Å². The third kappa shape index (κ3) is 3.39. The zero-order valence-corrected chi connectivity index (χ0v) is 12.0. The Morgan fingerprint density at radius 1 is 1.33 bits per heavy atom. The lowest BCUT2D eigenvalue weighted by Gasteiger charge is -2.30. The normalized spacial score (nSPS) is 16.9. The topological polar surface area (TPSA) is 20.3 Å². The lowest BCUT2D eigenvalue weighted by molar-refractivity contribution is -0.131. The summed E-state index contributed by atoms with van der Waals surface area (Å²) in [7, 11) is 0. The van der Waals surface area contributed by atoms with Gasteiger partial charge in [-0.3, -0.25) is 4.79 Å².